The maximum Gasteiger partial charge on any atom is 0.181 e. The normalized spacial score (nSPS) is 30.8. The third-order valence-corrected chi connectivity index (χ3v) is 4.35. The lowest BCUT2D eigenvalue weighted by atomic mass is 9.85. The molecule has 0 amide bonds. The molecule has 2 fully saturated rings. The van der Waals surface area contributed by atoms with Gasteiger partial charge in [0.05, 0.1) is 6.20 Å². The molecule has 2 aliphatic rings. The quantitative estimate of drug-likeness (QED) is 0.750. The van der Waals surface area contributed by atoms with Gasteiger partial charge < -0.3 is 0 Å². The highest BCUT2D eigenvalue weighted by atomic mass is 19.1. The number of pyridine rings is 1. The van der Waals surface area contributed by atoms with E-state index in [-0.39, 0.29) is 11.6 Å². The smallest absolute Gasteiger partial charge is 0.181 e. The molecule has 0 aliphatic heterocycles. The average molecular weight is 233 g/mol. The van der Waals surface area contributed by atoms with Crippen molar-refractivity contribution in [3.8, 4) is 0 Å². The van der Waals surface area contributed by atoms with Gasteiger partial charge in [0.25, 0.3) is 0 Å². The molecular weight excluding hydrogens is 217 g/mol. The summed E-state index contributed by atoms with van der Waals surface area (Å²) < 4.78 is 12.7. The zero-order chi connectivity index (χ0) is 11.8. The number of aromatic nitrogens is 1. The lowest BCUT2D eigenvalue weighted by Crippen LogP contribution is -2.16. The number of carbonyl (C=O) groups excluding carboxylic acids is 1. The van der Waals surface area contributed by atoms with E-state index in [1.54, 1.807) is 0 Å². The molecule has 2 bridgehead atoms. The molecule has 2 aliphatic carbocycles. The molecule has 1 aromatic rings. The first-order chi connectivity index (χ1) is 8.22. The van der Waals surface area contributed by atoms with E-state index in [1.807, 2.05) is 0 Å². The second-order valence-corrected chi connectivity index (χ2v) is 5.42. The SMILES string of the molecule is O=C(CC1CC2CCC1C2)c1ccc(F)cn1. The van der Waals surface area contributed by atoms with Gasteiger partial charge in [-0.3, -0.25) is 9.78 Å². The van der Waals surface area contributed by atoms with Gasteiger partial charge in [-0.25, -0.2) is 4.39 Å². The highest BCUT2D eigenvalue weighted by Gasteiger charge is 2.40. The molecule has 0 spiro atoms. The second-order valence-electron chi connectivity index (χ2n) is 5.42. The van der Waals surface area contributed by atoms with Crippen molar-refractivity contribution in [3.05, 3.63) is 29.8 Å². The molecule has 2 saturated carbocycles. The van der Waals surface area contributed by atoms with Crippen LogP contribution < -0.4 is 0 Å². The van der Waals surface area contributed by atoms with Gasteiger partial charge in [-0.05, 0) is 49.1 Å². The molecule has 3 rings (SSSR count). The van der Waals surface area contributed by atoms with Gasteiger partial charge in [-0.2, -0.15) is 0 Å². The van der Waals surface area contributed by atoms with Crippen molar-refractivity contribution in [1.29, 1.82) is 0 Å². The summed E-state index contributed by atoms with van der Waals surface area (Å²) >= 11 is 0. The summed E-state index contributed by atoms with van der Waals surface area (Å²) in [6, 6.07) is 2.80. The first-order valence-electron chi connectivity index (χ1n) is 6.37. The number of hydrogen-bond acceptors (Lipinski definition) is 2. The van der Waals surface area contributed by atoms with Crippen LogP contribution in [0.2, 0.25) is 0 Å². The molecule has 3 heteroatoms. The second kappa shape index (κ2) is 4.21. The van der Waals surface area contributed by atoms with Crippen molar-refractivity contribution in [2.45, 2.75) is 32.1 Å². The first kappa shape index (κ1) is 10.9. The lowest BCUT2D eigenvalue weighted by molar-refractivity contribution is 0.0939. The fourth-order valence-electron chi connectivity index (χ4n) is 3.51. The van der Waals surface area contributed by atoms with Crippen LogP contribution in [0.3, 0.4) is 0 Å². The number of hydrogen-bond donors (Lipinski definition) is 0. The number of carbonyl (C=O) groups is 1. The summed E-state index contributed by atoms with van der Waals surface area (Å²) in [5.41, 5.74) is 0.411. The largest absolute Gasteiger partial charge is 0.292 e. The molecule has 0 N–H and O–H groups in total. The highest BCUT2D eigenvalue weighted by Crippen LogP contribution is 2.49. The van der Waals surface area contributed by atoms with Crippen LogP contribution in [0.4, 0.5) is 4.39 Å². The molecule has 2 nitrogen and oxygen atoms in total. The van der Waals surface area contributed by atoms with Crippen molar-refractivity contribution < 1.29 is 9.18 Å². The van der Waals surface area contributed by atoms with Crippen LogP contribution >= 0.6 is 0 Å². The molecule has 0 aromatic carbocycles. The van der Waals surface area contributed by atoms with Crippen LogP contribution in [0.15, 0.2) is 18.3 Å². The monoisotopic (exact) mass is 233 g/mol. The first-order valence-corrected chi connectivity index (χ1v) is 6.37. The van der Waals surface area contributed by atoms with E-state index >= 15 is 0 Å². The number of halogens is 1. The summed E-state index contributed by atoms with van der Waals surface area (Å²) in [6.45, 7) is 0. The minimum Gasteiger partial charge on any atom is -0.292 e. The molecule has 0 saturated heterocycles. The number of ketones is 1. The number of fused-ring (bicyclic) bond motifs is 2. The molecular formula is C14H16FNO. The van der Waals surface area contributed by atoms with Gasteiger partial charge in [0.2, 0.25) is 0 Å². The number of nitrogens with zero attached hydrogens (tertiary/aromatic N) is 1. The molecule has 90 valence electrons. The molecule has 1 heterocycles. The standard InChI is InChI=1S/C14H16FNO/c15-12-3-4-13(16-8-12)14(17)7-11-6-9-1-2-10(11)5-9/h3-4,8-11H,1-2,5-7H2. The minimum absolute atomic E-state index is 0.0718. The summed E-state index contributed by atoms with van der Waals surface area (Å²) in [6.07, 6.45) is 6.88. The Kier molecular flexibility index (Phi) is 2.69. The Morgan fingerprint density at radius 3 is 2.82 bits per heavy atom. The van der Waals surface area contributed by atoms with Gasteiger partial charge >= 0.3 is 0 Å². The van der Waals surface area contributed by atoms with E-state index in [2.05, 4.69) is 4.98 Å². The van der Waals surface area contributed by atoms with E-state index in [4.69, 9.17) is 0 Å². The third-order valence-electron chi connectivity index (χ3n) is 4.35. The summed E-state index contributed by atoms with van der Waals surface area (Å²) in [7, 11) is 0. The molecule has 0 radical (unpaired) electrons. The minimum atomic E-state index is -0.388. The summed E-state index contributed by atoms with van der Waals surface area (Å²) in [5, 5.41) is 0. The topological polar surface area (TPSA) is 30.0 Å². The number of Topliss-reactive ketones (excluding diaryl/α,β-unsaturated/α-hetero) is 1. The van der Waals surface area contributed by atoms with Gasteiger partial charge in [-0.15, -0.1) is 0 Å². The number of rotatable bonds is 3. The van der Waals surface area contributed by atoms with Gasteiger partial charge in [0.15, 0.2) is 5.78 Å². The fourth-order valence-corrected chi connectivity index (χ4v) is 3.51. The maximum atomic E-state index is 12.7. The Labute approximate surface area is 100 Å². The van der Waals surface area contributed by atoms with E-state index in [1.165, 1.54) is 37.8 Å². The zero-order valence-electron chi connectivity index (χ0n) is 9.73. The van der Waals surface area contributed by atoms with Crippen molar-refractivity contribution in [2.75, 3.05) is 0 Å². The van der Waals surface area contributed by atoms with Gasteiger partial charge in [-0.1, -0.05) is 6.42 Å². The maximum absolute atomic E-state index is 12.7. The van der Waals surface area contributed by atoms with E-state index in [0.717, 1.165) is 18.0 Å². The molecule has 3 atom stereocenters. The molecule has 1 aromatic heterocycles. The Morgan fingerprint density at radius 1 is 1.35 bits per heavy atom. The van der Waals surface area contributed by atoms with E-state index in [9.17, 15) is 9.18 Å². The summed E-state index contributed by atoms with van der Waals surface area (Å²) in [5.74, 6) is 1.85. The predicted molar refractivity (Wildman–Crippen MR) is 62.1 cm³/mol. The molecule has 17 heavy (non-hydrogen) atoms. The van der Waals surface area contributed by atoms with Crippen molar-refractivity contribution in [2.24, 2.45) is 17.8 Å². The Hall–Kier alpha value is -1.25. The highest BCUT2D eigenvalue weighted by molar-refractivity contribution is 5.94. The van der Waals surface area contributed by atoms with Gasteiger partial charge in [0, 0.05) is 6.42 Å². The van der Waals surface area contributed by atoms with Crippen LogP contribution in [-0.2, 0) is 0 Å². The zero-order valence-corrected chi connectivity index (χ0v) is 9.73. The van der Waals surface area contributed by atoms with Crippen LogP contribution in [0.1, 0.15) is 42.6 Å². The third kappa shape index (κ3) is 2.11. The van der Waals surface area contributed by atoms with Crippen LogP contribution in [0, 0.1) is 23.6 Å². The van der Waals surface area contributed by atoms with E-state index < -0.39 is 0 Å². The Bertz CT molecular complexity index is 428. The van der Waals surface area contributed by atoms with E-state index in [0.29, 0.717) is 18.0 Å². The van der Waals surface area contributed by atoms with Crippen molar-refractivity contribution in [1.82, 2.24) is 4.98 Å². The Balaban J connectivity index is 1.65. The Morgan fingerprint density at radius 2 is 2.24 bits per heavy atom. The average Bonchev–Trinajstić information content (AvgIpc) is 2.91. The van der Waals surface area contributed by atoms with Crippen LogP contribution in [0.25, 0.3) is 0 Å². The molecule has 3 unspecified atom stereocenters. The lowest BCUT2D eigenvalue weighted by Gasteiger charge is -2.20. The fraction of sp³-hybridized carbons (Fsp3) is 0.571. The van der Waals surface area contributed by atoms with Crippen molar-refractivity contribution >= 4 is 5.78 Å². The van der Waals surface area contributed by atoms with Gasteiger partial charge in [0.1, 0.15) is 11.5 Å². The van der Waals surface area contributed by atoms with Crippen molar-refractivity contribution in [3.63, 3.8) is 0 Å². The van der Waals surface area contributed by atoms with Crippen LogP contribution in [-0.4, -0.2) is 10.8 Å². The predicted octanol–water partition coefficient (Wildman–Crippen LogP) is 3.23. The summed E-state index contributed by atoms with van der Waals surface area (Å²) in [4.78, 5) is 15.9. The van der Waals surface area contributed by atoms with Crippen LogP contribution in [0.5, 0.6) is 0 Å².